The van der Waals surface area contributed by atoms with E-state index in [4.69, 9.17) is 0 Å². The normalized spacial score (nSPS) is 10.7. The number of hydrogen-bond donors (Lipinski definition) is 0. The fourth-order valence-corrected chi connectivity index (χ4v) is 2.72. The largest absolute Gasteiger partial charge is 0.298 e. The second-order valence-corrected chi connectivity index (χ2v) is 5.35. The smallest absolute Gasteiger partial charge is 0.153 e. The van der Waals surface area contributed by atoms with E-state index in [-0.39, 0.29) is 5.56 Å². The zero-order chi connectivity index (χ0) is 15.0. The minimum absolute atomic E-state index is 0.109. The SMILES string of the molecule is Cc1c(C)c(C)c(-c2ccc(F)c(C=O)c2)c(C)c1C. The van der Waals surface area contributed by atoms with Crippen molar-refractivity contribution in [3.8, 4) is 11.1 Å². The third-order valence-corrected chi connectivity index (χ3v) is 4.41. The Bertz CT molecular complexity index is 670. The van der Waals surface area contributed by atoms with Gasteiger partial charge in [-0.3, -0.25) is 4.79 Å². The summed E-state index contributed by atoms with van der Waals surface area (Å²) in [5.41, 5.74) is 8.28. The topological polar surface area (TPSA) is 17.1 Å². The number of carbonyl (C=O) groups excluding carboxylic acids is 1. The van der Waals surface area contributed by atoms with Crippen molar-refractivity contribution in [3.63, 3.8) is 0 Å². The van der Waals surface area contributed by atoms with Crippen molar-refractivity contribution < 1.29 is 9.18 Å². The van der Waals surface area contributed by atoms with Crippen molar-refractivity contribution >= 4 is 6.29 Å². The van der Waals surface area contributed by atoms with E-state index in [9.17, 15) is 9.18 Å². The van der Waals surface area contributed by atoms with E-state index in [0.717, 1.165) is 11.1 Å². The lowest BCUT2D eigenvalue weighted by atomic mass is 9.86. The second-order valence-electron chi connectivity index (χ2n) is 5.35. The first-order valence-electron chi connectivity index (χ1n) is 6.70. The van der Waals surface area contributed by atoms with Gasteiger partial charge in [-0.25, -0.2) is 4.39 Å². The van der Waals surface area contributed by atoms with Crippen molar-refractivity contribution in [2.45, 2.75) is 34.6 Å². The molecule has 2 aromatic rings. The van der Waals surface area contributed by atoms with Gasteiger partial charge in [0.15, 0.2) is 6.29 Å². The fourth-order valence-electron chi connectivity index (χ4n) is 2.72. The maximum Gasteiger partial charge on any atom is 0.153 e. The Kier molecular flexibility index (Phi) is 3.76. The van der Waals surface area contributed by atoms with Gasteiger partial charge in [-0.1, -0.05) is 6.07 Å². The van der Waals surface area contributed by atoms with Crippen LogP contribution in [0.25, 0.3) is 11.1 Å². The Morgan fingerprint density at radius 3 is 1.85 bits per heavy atom. The highest BCUT2D eigenvalue weighted by molar-refractivity contribution is 5.82. The van der Waals surface area contributed by atoms with Crippen molar-refractivity contribution in [3.05, 3.63) is 57.4 Å². The van der Waals surface area contributed by atoms with Crippen LogP contribution in [0.3, 0.4) is 0 Å². The van der Waals surface area contributed by atoms with E-state index in [1.165, 1.54) is 33.9 Å². The second kappa shape index (κ2) is 5.20. The number of benzene rings is 2. The molecule has 0 heterocycles. The third-order valence-electron chi connectivity index (χ3n) is 4.41. The van der Waals surface area contributed by atoms with Crippen LogP contribution in [-0.2, 0) is 0 Å². The maximum atomic E-state index is 13.5. The van der Waals surface area contributed by atoms with Gasteiger partial charge in [-0.05, 0) is 85.7 Å². The molecule has 0 radical (unpaired) electrons. The minimum Gasteiger partial charge on any atom is -0.298 e. The summed E-state index contributed by atoms with van der Waals surface area (Å²) in [6.45, 7) is 10.5. The molecule has 0 amide bonds. The summed E-state index contributed by atoms with van der Waals surface area (Å²) in [6.07, 6.45) is 0.567. The van der Waals surface area contributed by atoms with Gasteiger partial charge in [0.1, 0.15) is 5.82 Å². The Morgan fingerprint density at radius 1 is 0.850 bits per heavy atom. The first-order valence-corrected chi connectivity index (χ1v) is 6.70. The molecule has 0 bridgehead atoms. The summed E-state index contributed by atoms with van der Waals surface area (Å²) in [6, 6.07) is 4.74. The van der Waals surface area contributed by atoms with Crippen LogP contribution in [0.2, 0.25) is 0 Å². The molecular weight excluding hydrogens is 251 g/mol. The van der Waals surface area contributed by atoms with Crippen LogP contribution in [0.5, 0.6) is 0 Å². The van der Waals surface area contributed by atoms with E-state index in [2.05, 4.69) is 34.6 Å². The molecule has 1 nitrogen and oxygen atoms in total. The van der Waals surface area contributed by atoms with Crippen molar-refractivity contribution in [2.24, 2.45) is 0 Å². The number of carbonyl (C=O) groups is 1. The molecule has 0 atom stereocenters. The zero-order valence-corrected chi connectivity index (χ0v) is 12.6. The minimum atomic E-state index is -0.473. The lowest BCUT2D eigenvalue weighted by Crippen LogP contribution is -2.00. The summed E-state index contributed by atoms with van der Waals surface area (Å²) < 4.78 is 13.5. The van der Waals surface area contributed by atoms with Crippen LogP contribution >= 0.6 is 0 Å². The van der Waals surface area contributed by atoms with Crippen molar-refractivity contribution in [1.82, 2.24) is 0 Å². The fraction of sp³-hybridized carbons (Fsp3) is 0.278. The lowest BCUT2D eigenvalue weighted by molar-refractivity contribution is 0.112. The summed E-state index contributed by atoms with van der Waals surface area (Å²) in [7, 11) is 0. The van der Waals surface area contributed by atoms with Gasteiger partial charge in [-0.2, -0.15) is 0 Å². The van der Waals surface area contributed by atoms with E-state index < -0.39 is 5.82 Å². The molecular formula is C18H19FO. The number of hydrogen-bond acceptors (Lipinski definition) is 1. The number of aldehydes is 1. The van der Waals surface area contributed by atoms with Gasteiger partial charge in [0, 0.05) is 0 Å². The molecule has 0 N–H and O–H groups in total. The average molecular weight is 270 g/mol. The van der Waals surface area contributed by atoms with Crippen molar-refractivity contribution in [1.29, 1.82) is 0 Å². The van der Waals surface area contributed by atoms with Gasteiger partial charge >= 0.3 is 0 Å². The predicted octanol–water partition coefficient (Wildman–Crippen LogP) is 4.85. The molecule has 0 saturated carbocycles. The average Bonchev–Trinajstić information content (AvgIpc) is 2.45. The molecule has 2 rings (SSSR count). The number of rotatable bonds is 2. The van der Waals surface area contributed by atoms with Gasteiger partial charge in [-0.15, -0.1) is 0 Å². The number of halogens is 1. The van der Waals surface area contributed by atoms with Crippen molar-refractivity contribution in [2.75, 3.05) is 0 Å². The maximum absolute atomic E-state index is 13.5. The van der Waals surface area contributed by atoms with Gasteiger partial charge in [0.25, 0.3) is 0 Å². The Labute approximate surface area is 119 Å². The standard InChI is InChI=1S/C18H19FO/c1-10-11(2)13(4)18(14(5)12(10)3)15-6-7-17(19)16(8-15)9-20/h6-9H,1-5H3. The monoisotopic (exact) mass is 270 g/mol. The molecule has 0 aliphatic carbocycles. The van der Waals surface area contributed by atoms with Crippen LogP contribution in [0.1, 0.15) is 38.2 Å². The molecule has 104 valence electrons. The van der Waals surface area contributed by atoms with E-state index in [1.807, 2.05) is 0 Å². The summed E-state index contributed by atoms with van der Waals surface area (Å²) in [5.74, 6) is -0.473. The molecule has 0 unspecified atom stereocenters. The molecule has 0 fully saturated rings. The Morgan fingerprint density at radius 2 is 1.35 bits per heavy atom. The van der Waals surface area contributed by atoms with Crippen LogP contribution in [0.15, 0.2) is 18.2 Å². The Balaban J connectivity index is 2.79. The van der Waals surface area contributed by atoms with Crippen LogP contribution < -0.4 is 0 Å². The van der Waals surface area contributed by atoms with Gasteiger partial charge in [0.05, 0.1) is 5.56 Å². The van der Waals surface area contributed by atoms with Crippen LogP contribution in [0, 0.1) is 40.4 Å². The van der Waals surface area contributed by atoms with E-state index in [0.29, 0.717) is 6.29 Å². The van der Waals surface area contributed by atoms with Gasteiger partial charge < -0.3 is 0 Å². The first kappa shape index (κ1) is 14.4. The molecule has 20 heavy (non-hydrogen) atoms. The third kappa shape index (κ3) is 2.15. The molecule has 0 saturated heterocycles. The summed E-state index contributed by atoms with van der Waals surface area (Å²) >= 11 is 0. The Hall–Kier alpha value is -1.96. The molecule has 2 aromatic carbocycles. The van der Waals surface area contributed by atoms with Crippen LogP contribution in [-0.4, -0.2) is 6.29 Å². The molecule has 0 aliphatic heterocycles. The quantitative estimate of drug-likeness (QED) is 0.713. The van der Waals surface area contributed by atoms with E-state index >= 15 is 0 Å². The lowest BCUT2D eigenvalue weighted by Gasteiger charge is -2.19. The highest BCUT2D eigenvalue weighted by Gasteiger charge is 2.14. The molecule has 0 spiro atoms. The molecule has 2 heteroatoms. The highest BCUT2D eigenvalue weighted by atomic mass is 19.1. The molecule has 0 aliphatic rings. The van der Waals surface area contributed by atoms with E-state index in [1.54, 1.807) is 12.1 Å². The first-order chi connectivity index (χ1) is 9.38. The highest BCUT2D eigenvalue weighted by Crippen LogP contribution is 2.34. The van der Waals surface area contributed by atoms with Crippen LogP contribution in [0.4, 0.5) is 4.39 Å². The molecule has 0 aromatic heterocycles. The summed E-state index contributed by atoms with van der Waals surface area (Å²) in [4.78, 5) is 10.9. The summed E-state index contributed by atoms with van der Waals surface area (Å²) in [5, 5.41) is 0. The predicted molar refractivity (Wildman–Crippen MR) is 80.9 cm³/mol. The van der Waals surface area contributed by atoms with Gasteiger partial charge in [0.2, 0.25) is 0 Å². The zero-order valence-electron chi connectivity index (χ0n) is 12.6.